The molecule has 1 aromatic heterocycles. The van der Waals surface area contributed by atoms with E-state index in [1.807, 2.05) is 17.0 Å². The van der Waals surface area contributed by atoms with Gasteiger partial charge in [0.15, 0.2) is 0 Å². The van der Waals surface area contributed by atoms with E-state index in [9.17, 15) is 14.7 Å². The summed E-state index contributed by atoms with van der Waals surface area (Å²) in [6.07, 6.45) is 8.52. The fourth-order valence-corrected chi connectivity index (χ4v) is 8.97. The van der Waals surface area contributed by atoms with Crippen molar-refractivity contribution < 1.29 is 24.5 Å². The molecule has 2 heterocycles. The molecule has 3 atom stereocenters. The minimum atomic E-state index is -1.24. The van der Waals surface area contributed by atoms with Crippen LogP contribution in [0.3, 0.4) is 0 Å². The second-order valence-electron chi connectivity index (χ2n) is 11.5. The zero-order chi connectivity index (χ0) is 24.2. The molecule has 0 aromatic carbocycles. The lowest BCUT2D eigenvalue weighted by Crippen LogP contribution is -2.61. The van der Waals surface area contributed by atoms with Crippen LogP contribution in [0.15, 0.2) is 17.2 Å². The third-order valence-electron chi connectivity index (χ3n) is 8.95. The van der Waals surface area contributed by atoms with Crippen LogP contribution in [0, 0.1) is 17.8 Å². The van der Waals surface area contributed by atoms with Crippen LogP contribution >= 0.6 is 11.8 Å². The molecule has 1 saturated heterocycles. The summed E-state index contributed by atoms with van der Waals surface area (Å²) in [5.41, 5.74) is 0.123. The number of anilines is 1. The van der Waals surface area contributed by atoms with Crippen LogP contribution in [-0.4, -0.2) is 63.3 Å². The van der Waals surface area contributed by atoms with Gasteiger partial charge in [-0.1, -0.05) is 12.8 Å². The predicted molar refractivity (Wildman–Crippen MR) is 132 cm³/mol. The maximum absolute atomic E-state index is 13.6. The van der Waals surface area contributed by atoms with Crippen LogP contribution in [-0.2, 0) is 4.74 Å². The number of nitrogens with zero attached hydrogens (tertiary/aromatic N) is 2. The second-order valence-corrected chi connectivity index (χ2v) is 12.8. The molecule has 0 radical (unpaired) electrons. The third-order valence-corrected chi connectivity index (χ3v) is 10.3. The summed E-state index contributed by atoms with van der Waals surface area (Å²) in [6, 6.07) is 3.91. The van der Waals surface area contributed by atoms with Crippen molar-refractivity contribution in [1.29, 1.82) is 0 Å². The Labute approximate surface area is 210 Å². The maximum atomic E-state index is 13.6. The Morgan fingerprint density at radius 2 is 1.86 bits per heavy atom. The number of nitrogens with one attached hydrogen (secondary N) is 1. The lowest BCUT2D eigenvalue weighted by molar-refractivity contribution is -0.136. The van der Waals surface area contributed by atoms with Gasteiger partial charge in [0.2, 0.25) is 0 Å². The Morgan fingerprint density at radius 3 is 2.54 bits per heavy atom. The van der Waals surface area contributed by atoms with Gasteiger partial charge >= 0.3 is 6.16 Å². The molecule has 0 spiro atoms. The summed E-state index contributed by atoms with van der Waals surface area (Å²) < 4.78 is 4.96. The molecule has 1 aromatic rings. The molecular weight excluding hydrogens is 466 g/mol. The molecule has 3 N–H and O–H groups in total. The molecule has 1 aliphatic heterocycles. The zero-order valence-electron chi connectivity index (χ0n) is 20.0. The molecule has 5 aliphatic carbocycles. The Morgan fingerprint density at radius 1 is 1.11 bits per heavy atom. The van der Waals surface area contributed by atoms with Gasteiger partial charge in [-0.25, -0.2) is 9.78 Å². The molecule has 5 saturated carbocycles. The number of aromatic nitrogens is 1. The number of hydrogen-bond donors (Lipinski definition) is 3. The molecule has 6 fully saturated rings. The van der Waals surface area contributed by atoms with Crippen LogP contribution in [0.4, 0.5) is 10.6 Å². The minimum absolute atomic E-state index is 0.0532. The van der Waals surface area contributed by atoms with E-state index in [1.165, 1.54) is 12.8 Å². The van der Waals surface area contributed by atoms with Crippen molar-refractivity contribution >= 4 is 29.6 Å². The number of ether oxygens (including phenoxy) is 1. The summed E-state index contributed by atoms with van der Waals surface area (Å²) >= 11 is 1.72. The smallest absolute Gasteiger partial charge is 0.450 e. The fraction of sp³-hybridized carbons (Fsp3) is 0.731. The quantitative estimate of drug-likeness (QED) is 0.501. The van der Waals surface area contributed by atoms with E-state index in [0.717, 1.165) is 55.8 Å². The van der Waals surface area contributed by atoms with Crippen molar-refractivity contribution in [3.63, 3.8) is 0 Å². The van der Waals surface area contributed by atoms with Crippen LogP contribution in [0.2, 0.25) is 0 Å². The van der Waals surface area contributed by atoms with Crippen LogP contribution in [0.1, 0.15) is 74.6 Å². The van der Waals surface area contributed by atoms with Crippen molar-refractivity contribution in [3.8, 4) is 0 Å². The number of amides is 1. The standard InChI is InChI=1S/C26H35N3O5S/c30-23(28-22-16-9-15-10-17(22)13-26(33,11-15)12-16)20-5-6-21(27-24(20)35-19-3-1-2-4-19)29-8-7-18(14-29)34-25(31)32/h5-6,15-19,22,33H,1-4,7-14H2,(H,28,30)(H,31,32)/t15?,16?,17?,18-,22-,26+/m1/s1. The minimum Gasteiger partial charge on any atom is -0.450 e. The predicted octanol–water partition coefficient (Wildman–Crippen LogP) is 4.06. The highest BCUT2D eigenvalue weighted by Gasteiger charge is 2.55. The Kier molecular flexibility index (Phi) is 6.11. The second kappa shape index (κ2) is 9.14. The number of pyridine rings is 1. The average Bonchev–Trinajstić information content (AvgIpc) is 3.47. The van der Waals surface area contributed by atoms with Crippen LogP contribution in [0.5, 0.6) is 0 Å². The summed E-state index contributed by atoms with van der Waals surface area (Å²) in [5, 5.41) is 24.5. The number of aliphatic hydroxyl groups is 1. The first-order valence-electron chi connectivity index (χ1n) is 13.2. The summed E-state index contributed by atoms with van der Waals surface area (Å²) in [5.74, 6) is 2.06. The largest absolute Gasteiger partial charge is 0.506 e. The number of carbonyl (C=O) groups is 2. The van der Waals surface area contributed by atoms with Gasteiger partial charge in [-0.15, -0.1) is 11.8 Å². The molecule has 9 heteroatoms. The Bertz CT molecular complexity index is 983. The summed E-state index contributed by atoms with van der Waals surface area (Å²) in [7, 11) is 0. The first-order chi connectivity index (χ1) is 16.8. The molecule has 7 rings (SSSR count). The monoisotopic (exact) mass is 501 g/mol. The van der Waals surface area contributed by atoms with Crippen molar-refractivity contribution in [2.45, 2.75) is 92.2 Å². The van der Waals surface area contributed by atoms with Gasteiger partial charge in [0.05, 0.1) is 17.7 Å². The van der Waals surface area contributed by atoms with Crippen molar-refractivity contribution in [1.82, 2.24) is 10.3 Å². The lowest BCUT2D eigenvalue weighted by Gasteiger charge is -2.58. The van der Waals surface area contributed by atoms with Gasteiger partial charge in [-0.2, -0.15) is 0 Å². The normalized spacial score (nSPS) is 36.0. The molecule has 6 aliphatic rings. The highest BCUT2D eigenvalue weighted by Crippen LogP contribution is 2.55. The molecule has 1 amide bonds. The van der Waals surface area contributed by atoms with E-state index >= 15 is 0 Å². The van der Waals surface area contributed by atoms with E-state index in [-0.39, 0.29) is 18.1 Å². The van der Waals surface area contributed by atoms with Gasteiger partial charge in [0.25, 0.3) is 5.91 Å². The van der Waals surface area contributed by atoms with Crippen molar-refractivity contribution in [2.24, 2.45) is 17.8 Å². The molecule has 4 bridgehead atoms. The first kappa shape index (κ1) is 23.4. The Hall–Kier alpha value is -2.00. The van der Waals surface area contributed by atoms with Crippen molar-refractivity contribution in [3.05, 3.63) is 17.7 Å². The van der Waals surface area contributed by atoms with Gasteiger partial charge in [-0.3, -0.25) is 4.79 Å². The topological polar surface area (TPSA) is 112 Å². The number of carboxylic acid groups (broad SMARTS) is 1. The molecule has 35 heavy (non-hydrogen) atoms. The van der Waals surface area contributed by atoms with Gasteiger partial charge in [-0.05, 0) is 74.8 Å². The highest BCUT2D eigenvalue weighted by molar-refractivity contribution is 7.99. The molecule has 190 valence electrons. The molecule has 8 nitrogen and oxygen atoms in total. The molecule has 2 unspecified atom stereocenters. The van der Waals surface area contributed by atoms with Gasteiger partial charge in [0.1, 0.15) is 16.9 Å². The number of carbonyl (C=O) groups excluding carboxylic acids is 1. The van der Waals surface area contributed by atoms with E-state index in [1.54, 1.807) is 11.8 Å². The summed E-state index contributed by atoms with van der Waals surface area (Å²) in [6.45, 7) is 1.16. The highest BCUT2D eigenvalue weighted by atomic mass is 32.2. The van der Waals surface area contributed by atoms with Crippen molar-refractivity contribution in [2.75, 3.05) is 18.0 Å². The van der Waals surface area contributed by atoms with E-state index in [4.69, 9.17) is 14.8 Å². The van der Waals surface area contributed by atoms with E-state index < -0.39 is 11.8 Å². The van der Waals surface area contributed by atoms with Crippen LogP contribution < -0.4 is 10.2 Å². The maximum Gasteiger partial charge on any atom is 0.506 e. The van der Waals surface area contributed by atoms with E-state index in [0.29, 0.717) is 48.1 Å². The number of thioether (sulfide) groups is 1. The van der Waals surface area contributed by atoms with E-state index in [2.05, 4.69) is 5.32 Å². The summed E-state index contributed by atoms with van der Waals surface area (Å²) in [4.78, 5) is 31.5. The van der Waals surface area contributed by atoms with Gasteiger partial charge < -0.3 is 25.2 Å². The number of hydrogen-bond acceptors (Lipinski definition) is 7. The average molecular weight is 502 g/mol. The number of rotatable bonds is 6. The Balaban J connectivity index is 1.21. The molecular formula is C26H35N3O5S. The zero-order valence-corrected chi connectivity index (χ0v) is 20.8. The first-order valence-corrected chi connectivity index (χ1v) is 14.1. The SMILES string of the molecule is O=C(O)O[C@@H]1CCN(c2ccc(C(=O)N[C@H]3C4CC5CC3C[C@@](O)(C5)C4)c(SC3CCCC3)n2)C1. The third kappa shape index (κ3) is 4.73. The van der Waals surface area contributed by atoms with Gasteiger partial charge in [0, 0.05) is 24.3 Å². The van der Waals surface area contributed by atoms with Crippen LogP contribution in [0.25, 0.3) is 0 Å². The fourth-order valence-electron chi connectivity index (χ4n) is 7.65. The lowest BCUT2D eigenvalue weighted by atomic mass is 9.52.